The molecule has 6 nitrogen and oxygen atoms in total. The number of aliphatic carboxylic acids is 1. The molecular formula is C18H22N2O4. The summed E-state index contributed by atoms with van der Waals surface area (Å²) < 4.78 is 0. The van der Waals surface area contributed by atoms with Crippen molar-refractivity contribution >= 4 is 17.8 Å². The first-order chi connectivity index (χ1) is 11.4. The molecule has 6 heteroatoms. The fourth-order valence-electron chi connectivity index (χ4n) is 3.74. The highest BCUT2D eigenvalue weighted by Gasteiger charge is 2.43. The highest BCUT2D eigenvalue weighted by atomic mass is 16.4. The molecule has 3 rings (SSSR count). The molecule has 2 amide bonds. The molecule has 128 valence electrons. The van der Waals surface area contributed by atoms with Gasteiger partial charge in [0.05, 0.1) is 0 Å². The van der Waals surface area contributed by atoms with Gasteiger partial charge in [0, 0.05) is 18.7 Å². The molecule has 0 aliphatic carbocycles. The average molecular weight is 330 g/mol. The Balaban J connectivity index is 1.88. The van der Waals surface area contributed by atoms with Crippen molar-refractivity contribution in [3.63, 3.8) is 0 Å². The van der Waals surface area contributed by atoms with Gasteiger partial charge >= 0.3 is 5.97 Å². The number of carboxylic acid groups (broad SMARTS) is 1. The molecule has 1 saturated heterocycles. The number of fused-ring (bicyclic) bond motifs is 1. The Hall–Kier alpha value is -2.37. The van der Waals surface area contributed by atoms with Crippen LogP contribution in [0.1, 0.15) is 42.6 Å². The first-order valence-corrected chi connectivity index (χ1v) is 8.34. The maximum atomic E-state index is 13.1. The van der Waals surface area contributed by atoms with E-state index in [2.05, 4.69) is 0 Å². The van der Waals surface area contributed by atoms with Crippen LogP contribution in [0.5, 0.6) is 0 Å². The topological polar surface area (TPSA) is 77.9 Å². The van der Waals surface area contributed by atoms with Crippen LogP contribution in [-0.4, -0.2) is 51.3 Å². The summed E-state index contributed by atoms with van der Waals surface area (Å²) in [5.74, 6) is -1.47. The fourth-order valence-corrected chi connectivity index (χ4v) is 3.74. The third-order valence-corrected chi connectivity index (χ3v) is 4.89. The Kier molecular flexibility index (Phi) is 4.30. The largest absolute Gasteiger partial charge is 0.480 e. The summed E-state index contributed by atoms with van der Waals surface area (Å²) in [6.07, 6.45) is 1.15. The Bertz CT molecular complexity index is 685. The van der Waals surface area contributed by atoms with E-state index in [1.807, 2.05) is 32.0 Å². The molecule has 2 aliphatic heterocycles. The summed E-state index contributed by atoms with van der Waals surface area (Å²) in [6.45, 7) is 4.62. The van der Waals surface area contributed by atoms with Crippen molar-refractivity contribution in [3.8, 4) is 0 Å². The van der Waals surface area contributed by atoms with E-state index in [-0.39, 0.29) is 17.7 Å². The lowest BCUT2D eigenvalue weighted by Gasteiger charge is -2.34. The van der Waals surface area contributed by atoms with Crippen molar-refractivity contribution < 1.29 is 19.5 Å². The minimum Gasteiger partial charge on any atom is -0.480 e. The molecular weight excluding hydrogens is 308 g/mol. The lowest BCUT2D eigenvalue weighted by atomic mass is 10.0. The maximum absolute atomic E-state index is 13.1. The summed E-state index contributed by atoms with van der Waals surface area (Å²) in [5, 5.41) is 9.34. The lowest BCUT2D eigenvalue weighted by molar-refractivity contribution is -0.150. The lowest BCUT2D eigenvalue weighted by Crippen LogP contribution is -2.54. The van der Waals surface area contributed by atoms with Gasteiger partial charge < -0.3 is 14.9 Å². The third kappa shape index (κ3) is 2.66. The van der Waals surface area contributed by atoms with Crippen LogP contribution in [0.4, 0.5) is 0 Å². The molecule has 1 aromatic rings. The quantitative estimate of drug-likeness (QED) is 0.912. The number of nitrogens with zero attached hydrogens (tertiary/aromatic N) is 2. The zero-order chi connectivity index (χ0) is 17.4. The molecule has 0 spiro atoms. The van der Waals surface area contributed by atoms with E-state index in [1.54, 1.807) is 11.0 Å². The predicted octanol–water partition coefficient (Wildman–Crippen LogP) is 1.74. The van der Waals surface area contributed by atoms with Crippen molar-refractivity contribution in [2.24, 2.45) is 5.92 Å². The monoisotopic (exact) mass is 330 g/mol. The highest BCUT2D eigenvalue weighted by Crippen LogP contribution is 2.29. The van der Waals surface area contributed by atoms with Gasteiger partial charge in [0.1, 0.15) is 12.1 Å². The van der Waals surface area contributed by atoms with E-state index >= 15 is 0 Å². The van der Waals surface area contributed by atoms with Crippen LogP contribution in [0.3, 0.4) is 0 Å². The first kappa shape index (κ1) is 16.5. The van der Waals surface area contributed by atoms with Crippen LogP contribution in [0.2, 0.25) is 0 Å². The predicted molar refractivity (Wildman–Crippen MR) is 87.3 cm³/mol. The van der Waals surface area contributed by atoms with Crippen molar-refractivity contribution in [2.45, 2.75) is 45.3 Å². The molecule has 1 aromatic carbocycles. The van der Waals surface area contributed by atoms with Gasteiger partial charge in [0.25, 0.3) is 5.91 Å². The second-order valence-electron chi connectivity index (χ2n) is 6.81. The molecule has 1 fully saturated rings. The number of benzene rings is 1. The molecule has 2 heterocycles. The molecule has 2 atom stereocenters. The van der Waals surface area contributed by atoms with E-state index in [0.29, 0.717) is 31.5 Å². The number of amides is 2. The fraction of sp³-hybridized carbons (Fsp3) is 0.500. The Morgan fingerprint density at radius 2 is 1.96 bits per heavy atom. The number of carbonyl (C=O) groups excluding carboxylic acids is 2. The van der Waals surface area contributed by atoms with Gasteiger partial charge in [0.15, 0.2) is 0 Å². The molecule has 0 bridgehead atoms. The van der Waals surface area contributed by atoms with Gasteiger partial charge in [-0.15, -0.1) is 0 Å². The van der Waals surface area contributed by atoms with Crippen LogP contribution in [0.15, 0.2) is 24.3 Å². The smallest absolute Gasteiger partial charge is 0.326 e. The van der Waals surface area contributed by atoms with Crippen molar-refractivity contribution in [2.75, 3.05) is 6.54 Å². The summed E-state index contributed by atoms with van der Waals surface area (Å²) in [5.41, 5.74) is 1.55. The summed E-state index contributed by atoms with van der Waals surface area (Å²) in [4.78, 5) is 40.2. The number of likely N-dealkylation sites (tertiary alicyclic amines) is 1. The van der Waals surface area contributed by atoms with Gasteiger partial charge in [-0.05, 0) is 30.4 Å². The normalized spacial score (nSPS) is 21.3. The summed E-state index contributed by atoms with van der Waals surface area (Å²) in [6, 6.07) is 5.94. The Morgan fingerprint density at radius 1 is 1.25 bits per heavy atom. The molecule has 0 saturated carbocycles. The molecule has 1 N–H and O–H groups in total. The second-order valence-corrected chi connectivity index (χ2v) is 6.81. The van der Waals surface area contributed by atoms with Crippen molar-refractivity contribution in [1.29, 1.82) is 0 Å². The van der Waals surface area contributed by atoms with Gasteiger partial charge in [-0.1, -0.05) is 32.0 Å². The maximum Gasteiger partial charge on any atom is 0.326 e. The third-order valence-electron chi connectivity index (χ3n) is 4.89. The minimum absolute atomic E-state index is 0.0918. The number of hydrogen-bond donors (Lipinski definition) is 1. The number of rotatable bonds is 4. The van der Waals surface area contributed by atoms with E-state index in [9.17, 15) is 19.5 Å². The van der Waals surface area contributed by atoms with Crippen LogP contribution in [0, 0.1) is 5.92 Å². The zero-order valence-electron chi connectivity index (χ0n) is 13.9. The number of carbonyl (C=O) groups is 3. The average Bonchev–Trinajstić information content (AvgIpc) is 3.14. The van der Waals surface area contributed by atoms with E-state index in [4.69, 9.17) is 0 Å². The molecule has 2 unspecified atom stereocenters. The molecule has 0 aromatic heterocycles. The highest BCUT2D eigenvalue weighted by molar-refractivity contribution is 6.01. The Labute approximate surface area is 141 Å². The zero-order valence-corrected chi connectivity index (χ0v) is 13.9. The first-order valence-electron chi connectivity index (χ1n) is 8.34. The van der Waals surface area contributed by atoms with Gasteiger partial charge in [-0.2, -0.15) is 0 Å². The molecule has 0 radical (unpaired) electrons. The molecule has 2 aliphatic rings. The minimum atomic E-state index is -0.973. The van der Waals surface area contributed by atoms with E-state index < -0.39 is 18.1 Å². The van der Waals surface area contributed by atoms with Crippen molar-refractivity contribution in [1.82, 2.24) is 9.80 Å². The summed E-state index contributed by atoms with van der Waals surface area (Å²) >= 11 is 0. The summed E-state index contributed by atoms with van der Waals surface area (Å²) in [7, 11) is 0. The van der Waals surface area contributed by atoms with Gasteiger partial charge in [-0.3, -0.25) is 9.59 Å². The SMILES string of the molecule is CC(C)C(C(=O)N1CCCC1C(=O)O)N1Cc2ccccc2C1=O. The van der Waals surface area contributed by atoms with Crippen LogP contribution in [-0.2, 0) is 16.1 Å². The van der Waals surface area contributed by atoms with E-state index in [0.717, 1.165) is 5.56 Å². The second kappa shape index (κ2) is 6.26. The van der Waals surface area contributed by atoms with Crippen LogP contribution < -0.4 is 0 Å². The van der Waals surface area contributed by atoms with Crippen molar-refractivity contribution in [3.05, 3.63) is 35.4 Å². The standard InChI is InChI=1S/C18H22N2O4/c1-11(2)15(17(22)19-9-5-8-14(19)18(23)24)20-10-12-6-3-4-7-13(12)16(20)21/h3-4,6-7,11,14-15H,5,8-10H2,1-2H3,(H,23,24). The Morgan fingerprint density at radius 3 is 2.58 bits per heavy atom. The van der Waals surface area contributed by atoms with Gasteiger partial charge in [-0.25, -0.2) is 4.79 Å². The molecule has 24 heavy (non-hydrogen) atoms. The number of hydrogen-bond acceptors (Lipinski definition) is 3. The number of carboxylic acids is 1. The van der Waals surface area contributed by atoms with E-state index in [1.165, 1.54) is 4.90 Å². The van der Waals surface area contributed by atoms with Gasteiger partial charge in [0.2, 0.25) is 5.91 Å². The van der Waals surface area contributed by atoms with Crippen LogP contribution >= 0.6 is 0 Å². The van der Waals surface area contributed by atoms with Crippen LogP contribution in [0.25, 0.3) is 0 Å².